The van der Waals surface area contributed by atoms with Gasteiger partial charge in [-0.2, -0.15) is 0 Å². The first kappa shape index (κ1) is 11.6. The summed E-state index contributed by atoms with van der Waals surface area (Å²) in [6, 6.07) is 5.68. The number of benzene rings is 1. The number of nitrogens with two attached hydrogens (primary N) is 1. The van der Waals surface area contributed by atoms with E-state index in [0.717, 1.165) is 30.1 Å². The Labute approximate surface area is 98.4 Å². The maximum atomic E-state index is 12.1. The smallest absolute Gasteiger partial charge is 0.0620 e. The molecule has 1 aromatic rings. The van der Waals surface area contributed by atoms with Crippen LogP contribution in [-0.4, -0.2) is 23.2 Å². The van der Waals surface area contributed by atoms with Gasteiger partial charge in [0.25, 0.3) is 0 Å². The van der Waals surface area contributed by atoms with E-state index < -0.39 is 10.8 Å². The highest BCUT2D eigenvalue weighted by atomic mass is 32.2. The highest BCUT2D eigenvalue weighted by Gasteiger charge is 2.20. The SMILES string of the molecule is Cc1ccc(N)c(S(=O)CC2CCOC2)c1. The van der Waals surface area contributed by atoms with Crippen LogP contribution in [0.4, 0.5) is 5.69 Å². The first-order valence-electron chi connectivity index (χ1n) is 5.49. The average Bonchev–Trinajstić information content (AvgIpc) is 2.74. The minimum atomic E-state index is -1.00. The molecule has 0 aliphatic carbocycles. The summed E-state index contributed by atoms with van der Waals surface area (Å²) in [5.74, 6) is 1.08. The molecule has 1 heterocycles. The predicted octanol–water partition coefficient (Wildman–Crippen LogP) is 1.72. The Bertz CT molecular complexity index is 400. The Kier molecular flexibility index (Phi) is 3.61. The van der Waals surface area contributed by atoms with E-state index in [1.807, 2.05) is 25.1 Å². The summed E-state index contributed by atoms with van der Waals surface area (Å²) in [6.07, 6.45) is 1.01. The van der Waals surface area contributed by atoms with Gasteiger partial charge in [0, 0.05) is 18.0 Å². The fourth-order valence-corrected chi connectivity index (χ4v) is 3.38. The van der Waals surface area contributed by atoms with Gasteiger partial charge in [0.1, 0.15) is 0 Å². The van der Waals surface area contributed by atoms with Crippen LogP contribution in [0.25, 0.3) is 0 Å². The van der Waals surface area contributed by atoms with Crippen molar-refractivity contribution in [3.8, 4) is 0 Å². The van der Waals surface area contributed by atoms with Crippen LogP contribution >= 0.6 is 0 Å². The van der Waals surface area contributed by atoms with Gasteiger partial charge in [0.05, 0.1) is 22.3 Å². The van der Waals surface area contributed by atoms with Gasteiger partial charge in [0.2, 0.25) is 0 Å². The summed E-state index contributed by atoms with van der Waals surface area (Å²) in [6.45, 7) is 3.52. The molecule has 88 valence electrons. The summed E-state index contributed by atoms with van der Waals surface area (Å²) in [4.78, 5) is 0.770. The van der Waals surface area contributed by atoms with Crippen molar-refractivity contribution in [1.29, 1.82) is 0 Å². The summed E-state index contributed by atoms with van der Waals surface area (Å²) in [5, 5.41) is 0. The molecule has 1 saturated heterocycles. The van der Waals surface area contributed by atoms with Crippen LogP contribution in [0.15, 0.2) is 23.1 Å². The molecule has 0 aromatic heterocycles. The van der Waals surface area contributed by atoms with Crippen LogP contribution < -0.4 is 5.73 Å². The van der Waals surface area contributed by atoms with Crippen LogP contribution in [0.5, 0.6) is 0 Å². The third-order valence-electron chi connectivity index (χ3n) is 2.83. The topological polar surface area (TPSA) is 52.3 Å². The number of aryl methyl sites for hydroxylation is 1. The van der Waals surface area contributed by atoms with E-state index in [0.29, 0.717) is 17.4 Å². The van der Waals surface area contributed by atoms with Crippen LogP contribution in [-0.2, 0) is 15.5 Å². The zero-order valence-electron chi connectivity index (χ0n) is 9.44. The minimum absolute atomic E-state index is 0.417. The van der Waals surface area contributed by atoms with Gasteiger partial charge in [-0.15, -0.1) is 0 Å². The molecule has 16 heavy (non-hydrogen) atoms. The zero-order chi connectivity index (χ0) is 11.5. The lowest BCUT2D eigenvalue weighted by Crippen LogP contribution is -2.12. The Balaban J connectivity index is 2.10. The molecule has 2 atom stereocenters. The highest BCUT2D eigenvalue weighted by Crippen LogP contribution is 2.22. The first-order chi connectivity index (χ1) is 7.66. The van der Waals surface area contributed by atoms with Crippen molar-refractivity contribution in [3.05, 3.63) is 23.8 Å². The van der Waals surface area contributed by atoms with E-state index in [1.54, 1.807) is 0 Å². The zero-order valence-corrected chi connectivity index (χ0v) is 10.3. The molecule has 2 N–H and O–H groups in total. The number of ether oxygens (including phenoxy) is 1. The molecule has 4 heteroatoms. The minimum Gasteiger partial charge on any atom is -0.398 e. The predicted molar refractivity (Wildman–Crippen MR) is 65.8 cm³/mol. The summed E-state index contributed by atoms with van der Waals surface area (Å²) >= 11 is 0. The van der Waals surface area contributed by atoms with E-state index in [-0.39, 0.29) is 0 Å². The average molecular weight is 239 g/mol. The van der Waals surface area contributed by atoms with Gasteiger partial charge in [-0.25, -0.2) is 0 Å². The fourth-order valence-electron chi connectivity index (χ4n) is 1.86. The van der Waals surface area contributed by atoms with Gasteiger partial charge in [-0.1, -0.05) is 6.07 Å². The lowest BCUT2D eigenvalue weighted by Gasteiger charge is -2.10. The molecule has 0 spiro atoms. The first-order valence-corrected chi connectivity index (χ1v) is 6.81. The summed E-state index contributed by atoms with van der Waals surface area (Å²) < 4.78 is 17.4. The van der Waals surface area contributed by atoms with Crippen molar-refractivity contribution >= 4 is 16.5 Å². The second-order valence-corrected chi connectivity index (χ2v) is 5.75. The monoisotopic (exact) mass is 239 g/mol. The Morgan fingerprint density at radius 2 is 2.38 bits per heavy atom. The van der Waals surface area contributed by atoms with Gasteiger partial charge in [0.15, 0.2) is 0 Å². The van der Waals surface area contributed by atoms with E-state index in [2.05, 4.69) is 0 Å². The second kappa shape index (κ2) is 4.97. The molecule has 0 radical (unpaired) electrons. The van der Waals surface area contributed by atoms with Crippen LogP contribution in [0.2, 0.25) is 0 Å². The lowest BCUT2D eigenvalue weighted by atomic mass is 10.2. The lowest BCUT2D eigenvalue weighted by molar-refractivity contribution is 0.189. The maximum Gasteiger partial charge on any atom is 0.0620 e. The summed E-state index contributed by atoms with van der Waals surface area (Å²) in [7, 11) is -1.00. The number of hydrogen-bond acceptors (Lipinski definition) is 3. The van der Waals surface area contributed by atoms with Crippen LogP contribution in [0.1, 0.15) is 12.0 Å². The van der Waals surface area contributed by atoms with Crippen molar-refractivity contribution in [2.75, 3.05) is 24.7 Å². The van der Waals surface area contributed by atoms with E-state index in [9.17, 15) is 4.21 Å². The van der Waals surface area contributed by atoms with E-state index in [4.69, 9.17) is 10.5 Å². The van der Waals surface area contributed by atoms with Crippen molar-refractivity contribution in [1.82, 2.24) is 0 Å². The van der Waals surface area contributed by atoms with E-state index in [1.165, 1.54) is 0 Å². The van der Waals surface area contributed by atoms with Gasteiger partial charge in [-0.05, 0) is 37.0 Å². The molecular formula is C12H17NO2S. The van der Waals surface area contributed by atoms with Crippen molar-refractivity contribution in [2.45, 2.75) is 18.2 Å². The largest absolute Gasteiger partial charge is 0.398 e. The van der Waals surface area contributed by atoms with Gasteiger partial charge < -0.3 is 10.5 Å². The maximum absolute atomic E-state index is 12.1. The number of anilines is 1. The third-order valence-corrected chi connectivity index (χ3v) is 4.44. The van der Waals surface area contributed by atoms with E-state index >= 15 is 0 Å². The Morgan fingerprint density at radius 1 is 1.56 bits per heavy atom. The third kappa shape index (κ3) is 2.62. The van der Waals surface area contributed by atoms with Crippen molar-refractivity contribution in [2.24, 2.45) is 5.92 Å². The van der Waals surface area contributed by atoms with Crippen LogP contribution in [0.3, 0.4) is 0 Å². The Morgan fingerprint density at radius 3 is 3.06 bits per heavy atom. The molecule has 2 rings (SSSR count). The van der Waals surface area contributed by atoms with Gasteiger partial charge >= 0.3 is 0 Å². The molecular weight excluding hydrogens is 222 g/mol. The number of hydrogen-bond donors (Lipinski definition) is 1. The molecule has 0 saturated carbocycles. The molecule has 0 amide bonds. The molecule has 3 nitrogen and oxygen atoms in total. The highest BCUT2D eigenvalue weighted by molar-refractivity contribution is 7.85. The number of rotatable bonds is 3. The molecule has 0 bridgehead atoms. The molecule has 1 fully saturated rings. The normalized spacial score (nSPS) is 22.2. The Hall–Kier alpha value is -0.870. The molecule has 1 aromatic carbocycles. The molecule has 1 aliphatic rings. The molecule has 2 unspecified atom stereocenters. The molecule has 1 aliphatic heterocycles. The van der Waals surface area contributed by atoms with Crippen molar-refractivity contribution < 1.29 is 8.95 Å². The van der Waals surface area contributed by atoms with Crippen LogP contribution in [0, 0.1) is 12.8 Å². The van der Waals surface area contributed by atoms with Gasteiger partial charge in [-0.3, -0.25) is 4.21 Å². The quantitative estimate of drug-likeness (QED) is 0.817. The number of nitrogen functional groups attached to an aromatic ring is 1. The summed E-state index contributed by atoms with van der Waals surface area (Å²) in [5.41, 5.74) is 7.57. The standard InChI is InChI=1S/C12H17NO2S/c1-9-2-3-11(13)12(6-9)16(14)8-10-4-5-15-7-10/h2-3,6,10H,4-5,7-8,13H2,1H3. The fraction of sp³-hybridized carbons (Fsp3) is 0.500. The second-order valence-electron chi connectivity index (χ2n) is 4.28. The van der Waals surface area contributed by atoms with Crippen molar-refractivity contribution in [3.63, 3.8) is 0 Å².